The number of aryl methyl sites for hydroxylation is 3. The van der Waals surface area contributed by atoms with E-state index in [0.717, 1.165) is 42.5 Å². The van der Waals surface area contributed by atoms with Crippen LogP contribution >= 0.6 is 0 Å². The summed E-state index contributed by atoms with van der Waals surface area (Å²) in [6, 6.07) is 5.58. The Morgan fingerprint density at radius 3 is 2.54 bits per heavy atom. The second-order valence-corrected chi connectivity index (χ2v) is 7.03. The van der Waals surface area contributed by atoms with Crippen LogP contribution in [-0.2, 0) is 16.0 Å². The summed E-state index contributed by atoms with van der Waals surface area (Å²) < 4.78 is 5.10. The van der Waals surface area contributed by atoms with Crippen LogP contribution < -0.4 is 10.6 Å². The van der Waals surface area contributed by atoms with E-state index in [4.69, 9.17) is 4.52 Å². The number of anilines is 2. The molecule has 1 saturated carbocycles. The zero-order valence-corrected chi connectivity index (χ0v) is 15.5. The van der Waals surface area contributed by atoms with Gasteiger partial charge in [0.05, 0.1) is 12.1 Å². The molecule has 0 radical (unpaired) electrons. The molecular weight excluding hydrogens is 330 g/mol. The third-order valence-corrected chi connectivity index (χ3v) is 5.02. The van der Waals surface area contributed by atoms with Gasteiger partial charge in [-0.2, -0.15) is 0 Å². The molecule has 6 nitrogen and oxygen atoms in total. The Hall–Kier alpha value is -2.63. The maximum absolute atomic E-state index is 12.4. The minimum absolute atomic E-state index is 0.0688. The molecule has 1 aliphatic carbocycles. The summed E-state index contributed by atoms with van der Waals surface area (Å²) in [4.78, 5) is 24.7. The normalized spacial score (nSPS) is 14.4. The molecule has 1 aromatic heterocycles. The van der Waals surface area contributed by atoms with Gasteiger partial charge in [0.25, 0.3) is 0 Å². The molecule has 1 heterocycles. The van der Waals surface area contributed by atoms with Crippen LogP contribution in [0.1, 0.15) is 48.3 Å². The van der Waals surface area contributed by atoms with Crippen LogP contribution in [0.3, 0.4) is 0 Å². The fourth-order valence-electron chi connectivity index (χ4n) is 3.38. The van der Waals surface area contributed by atoms with Gasteiger partial charge in [-0.15, -0.1) is 0 Å². The van der Waals surface area contributed by atoms with Crippen molar-refractivity contribution in [3.8, 4) is 0 Å². The Morgan fingerprint density at radius 2 is 1.88 bits per heavy atom. The Bertz CT molecular complexity index is 800. The zero-order valence-electron chi connectivity index (χ0n) is 15.5. The third-order valence-electron chi connectivity index (χ3n) is 5.02. The fourth-order valence-corrected chi connectivity index (χ4v) is 3.38. The number of nitrogens with zero attached hydrogens (tertiary/aromatic N) is 1. The molecule has 0 spiro atoms. The molecule has 0 aliphatic heterocycles. The SMILES string of the molecule is Cc1ccc(NC(=O)C2CCCC2)cc1NC(=O)Cc1c(C)noc1C. The van der Waals surface area contributed by atoms with Crippen LogP contribution in [-0.4, -0.2) is 17.0 Å². The molecule has 2 N–H and O–H groups in total. The third kappa shape index (κ3) is 4.12. The van der Waals surface area contributed by atoms with Crippen molar-refractivity contribution in [2.45, 2.75) is 52.9 Å². The van der Waals surface area contributed by atoms with Crippen LogP contribution in [0.5, 0.6) is 0 Å². The maximum Gasteiger partial charge on any atom is 0.229 e. The van der Waals surface area contributed by atoms with Crippen LogP contribution in [0.4, 0.5) is 11.4 Å². The van der Waals surface area contributed by atoms with Crippen molar-refractivity contribution in [1.82, 2.24) is 5.16 Å². The highest BCUT2D eigenvalue weighted by Gasteiger charge is 2.22. The van der Waals surface area contributed by atoms with E-state index >= 15 is 0 Å². The molecule has 1 aromatic carbocycles. The number of nitrogens with one attached hydrogen (secondary N) is 2. The molecule has 6 heteroatoms. The van der Waals surface area contributed by atoms with Gasteiger partial charge in [0.2, 0.25) is 11.8 Å². The molecule has 3 rings (SSSR count). The molecule has 0 unspecified atom stereocenters. The minimum atomic E-state index is -0.137. The fraction of sp³-hybridized carbons (Fsp3) is 0.450. The maximum atomic E-state index is 12.4. The average Bonchev–Trinajstić information content (AvgIpc) is 3.24. The molecule has 1 fully saturated rings. The van der Waals surface area contributed by atoms with Crippen LogP contribution in [0.2, 0.25) is 0 Å². The van der Waals surface area contributed by atoms with E-state index in [-0.39, 0.29) is 24.2 Å². The van der Waals surface area contributed by atoms with E-state index in [2.05, 4.69) is 15.8 Å². The first-order chi connectivity index (χ1) is 12.4. The number of benzene rings is 1. The van der Waals surface area contributed by atoms with Crippen molar-refractivity contribution in [1.29, 1.82) is 0 Å². The first-order valence-electron chi connectivity index (χ1n) is 9.07. The molecule has 0 atom stereocenters. The molecule has 1 aliphatic rings. The van der Waals surface area contributed by atoms with Crippen molar-refractivity contribution >= 4 is 23.2 Å². The van der Waals surface area contributed by atoms with Crippen molar-refractivity contribution < 1.29 is 14.1 Å². The van der Waals surface area contributed by atoms with Gasteiger partial charge in [-0.25, -0.2) is 0 Å². The van der Waals surface area contributed by atoms with E-state index in [1.807, 2.05) is 32.0 Å². The summed E-state index contributed by atoms with van der Waals surface area (Å²) in [5.74, 6) is 0.696. The van der Waals surface area contributed by atoms with E-state index in [0.29, 0.717) is 17.1 Å². The van der Waals surface area contributed by atoms with Crippen LogP contribution in [0, 0.1) is 26.7 Å². The van der Waals surface area contributed by atoms with Crippen molar-refractivity contribution in [3.63, 3.8) is 0 Å². The van der Waals surface area contributed by atoms with E-state index in [1.165, 1.54) is 0 Å². The summed E-state index contributed by atoms with van der Waals surface area (Å²) >= 11 is 0. The second-order valence-electron chi connectivity index (χ2n) is 7.03. The summed E-state index contributed by atoms with van der Waals surface area (Å²) in [6.45, 7) is 5.55. The molecule has 138 valence electrons. The van der Waals surface area contributed by atoms with Gasteiger partial charge in [0.1, 0.15) is 5.76 Å². The molecule has 2 amide bonds. The smallest absolute Gasteiger partial charge is 0.229 e. The lowest BCUT2D eigenvalue weighted by Crippen LogP contribution is -2.20. The standard InChI is InChI=1S/C20H25N3O3/c1-12-8-9-16(21-20(25)15-6-4-5-7-15)10-18(12)22-19(24)11-17-13(2)23-26-14(17)3/h8-10,15H,4-7,11H2,1-3H3,(H,21,25)(H,22,24). The van der Waals surface area contributed by atoms with Crippen molar-refractivity contribution in [2.24, 2.45) is 5.92 Å². The zero-order chi connectivity index (χ0) is 18.7. The number of hydrogen-bond donors (Lipinski definition) is 2. The van der Waals surface area contributed by atoms with Crippen LogP contribution in [0.25, 0.3) is 0 Å². The summed E-state index contributed by atoms with van der Waals surface area (Å²) in [7, 11) is 0. The quantitative estimate of drug-likeness (QED) is 0.852. The molecular formula is C20H25N3O3. The van der Waals surface area contributed by atoms with Gasteiger partial charge < -0.3 is 15.2 Å². The van der Waals surface area contributed by atoms with Gasteiger partial charge >= 0.3 is 0 Å². The lowest BCUT2D eigenvalue weighted by Gasteiger charge is -2.13. The Morgan fingerprint density at radius 1 is 1.15 bits per heavy atom. The lowest BCUT2D eigenvalue weighted by molar-refractivity contribution is -0.119. The first-order valence-corrected chi connectivity index (χ1v) is 9.07. The molecule has 0 bridgehead atoms. The van der Waals surface area contributed by atoms with Crippen molar-refractivity contribution in [2.75, 3.05) is 10.6 Å². The summed E-state index contributed by atoms with van der Waals surface area (Å²) in [5, 5.41) is 9.78. The first kappa shape index (κ1) is 18.2. The van der Waals surface area contributed by atoms with Gasteiger partial charge in [0, 0.05) is 22.9 Å². The summed E-state index contributed by atoms with van der Waals surface area (Å²) in [5.41, 5.74) is 3.89. The Balaban J connectivity index is 1.67. The number of carbonyl (C=O) groups excluding carboxylic acids is 2. The Labute approximate surface area is 153 Å². The highest BCUT2D eigenvalue weighted by atomic mass is 16.5. The molecule has 0 saturated heterocycles. The van der Waals surface area contributed by atoms with Gasteiger partial charge in [0.15, 0.2) is 0 Å². The Kier molecular flexibility index (Phi) is 5.40. The predicted molar refractivity (Wildman–Crippen MR) is 100 cm³/mol. The van der Waals surface area contributed by atoms with E-state index in [1.54, 1.807) is 6.92 Å². The number of carbonyl (C=O) groups is 2. The van der Waals surface area contributed by atoms with E-state index < -0.39 is 0 Å². The van der Waals surface area contributed by atoms with Gasteiger partial charge in [-0.3, -0.25) is 9.59 Å². The van der Waals surface area contributed by atoms with E-state index in [9.17, 15) is 9.59 Å². The van der Waals surface area contributed by atoms with Crippen molar-refractivity contribution in [3.05, 3.63) is 40.8 Å². The number of rotatable bonds is 5. The second kappa shape index (κ2) is 7.72. The number of hydrogen-bond acceptors (Lipinski definition) is 4. The topological polar surface area (TPSA) is 84.2 Å². The number of aromatic nitrogens is 1. The minimum Gasteiger partial charge on any atom is -0.361 e. The molecule has 26 heavy (non-hydrogen) atoms. The molecule has 2 aromatic rings. The highest BCUT2D eigenvalue weighted by Crippen LogP contribution is 2.27. The monoisotopic (exact) mass is 355 g/mol. The van der Waals surface area contributed by atoms with Gasteiger partial charge in [-0.05, 0) is 51.3 Å². The lowest BCUT2D eigenvalue weighted by atomic mass is 10.1. The average molecular weight is 355 g/mol. The van der Waals surface area contributed by atoms with Gasteiger partial charge in [-0.1, -0.05) is 24.1 Å². The number of amides is 2. The highest BCUT2D eigenvalue weighted by molar-refractivity contribution is 5.96. The summed E-state index contributed by atoms with van der Waals surface area (Å²) in [6.07, 6.45) is 4.36. The largest absolute Gasteiger partial charge is 0.361 e. The predicted octanol–water partition coefficient (Wildman–Crippen LogP) is 3.91. The van der Waals surface area contributed by atoms with Crippen LogP contribution in [0.15, 0.2) is 22.7 Å².